The lowest BCUT2D eigenvalue weighted by Gasteiger charge is -2.15. The maximum absolute atomic E-state index is 5.37. The van der Waals surface area contributed by atoms with Crippen molar-refractivity contribution < 1.29 is 0 Å². The molecular weight excluding hydrogens is 681 g/mol. The minimum atomic E-state index is 0.552. The summed E-state index contributed by atoms with van der Waals surface area (Å²) in [6.07, 6.45) is 3.81. The normalized spacial score (nSPS) is 11.2. The molecule has 0 aliphatic rings. The standard InChI is InChI=1S/C52H34N4/c1-5-16-35(17-6-1)39-30-40(36-18-7-2-8-19-36)32-41(31-39)48-33-49(46-28-27-42(37-20-9-3-10-21-37)44-26-15-29-53-50(44)46)56-52(55-48)51-45-25-14-13-24-43(45)47(34-54-51)38-22-11-4-12-23-38/h1-34H. The van der Waals surface area contributed by atoms with Crippen LogP contribution in [-0.2, 0) is 0 Å². The van der Waals surface area contributed by atoms with Crippen molar-refractivity contribution in [2.75, 3.05) is 0 Å². The first kappa shape index (κ1) is 33.0. The number of hydrogen-bond acceptors (Lipinski definition) is 4. The van der Waals surface area contributed by atoms with Crippen LogP contribution in [0.15, 0.2) is 207 Å². The lowest BCUT2D eigenvalue weighted by atomic mass is 9.94. The zero-order chi connectivity index (χ0) is 37.3. The van der Waals surface area contributed by atoms with Gasteiger partial charge in [-0.25, -0.2) is 9.97 Å². The highest BCUT2D eigenvalue weighted by Crippen LogP contribution is 2.39. The largest absolute Gasteiger partial charge is 0.256 e. The summed E-state index contributed by atoms with van der Waals surface area (Å²) in [5, 5.41) is 3.14. The van der Waals surface area contributed by atoms with E-state index in [1.54, 1.807) is 0 Å². The molecule has 0 radical (unpaired) electrons. The number of pyridine rings is 2. The Kier molecular flexibility index (Phi) is 8.47. The van der Waals surface area contributed by atoms with Crippen LogP contribution in [0.5, 0.6) is 0 Å². The monoisotopic (exact) mass is 714 g/mol. The first-order valence-corrected chi connectivity index (χ1v) is 18.8. The van der Waals surface area contributed by atoms with Gasteiger partial charge in [0.25, 0.3) is 0 Å². The summed E-state index contributed by atoms with van der Waals surface area (Å²) >= 11 is 0. The van der Waals surface area contributed by atoms with Gasteiger partial charge >= 0.3 is 0 Å². The van der Waals surface area contributed by atoms with Crippen molar-refractivity contribution in [3.8, 4) is 78.5 Å². The van der Waals surface area contributed by atoms with E-state index in [1.807, 2.05) is 30.6 Å². The second kappa shape index (κ2) is 14.3. The van der Waals surface area contributed by atoms with Crippen LogP contribution in [0.1, 0.15) is 0 Å². The lowest BCUT2D eigenvalue weighted by Crippen LogP contribution is -2.00. The Bertz CT molecular complexity index is 2800. The molecule has 0 saturated carbocycles. The maximum atomic E-state index is 5.37. The van der Waals surface area contributed by atoms with E-state index in [9.17, 15) is 0 Å². The molecule has 0 spiro atoms. The van der Waals surface area contributed by atoms with Gasteiger partial charge in [-0.2, -0.15) is 0 Å². The molecule has 0 aliphatic carbocycles. The molecule has 4 nitrogen and oxygen atoms in total. The molecule has 10 rings (SSSR count). The first-order chi connectivity index (χ1) is 27.8. The molecule has 4 heteroatoms. The summed E-state index contributed by atoms with van der Waals surface area (Å²) in [5.41, 5.74) is 14.0. The summed E-state index contributed by atoms with van der Waals surface area (Å²) in [4.78, 5) is 20.8. The van der Waals surface area contributed by atoms with Crippen LogP contribution in [0.25, 0.3) is 100 Å². The third-order valence-corrected chi connectivity index (χ3v) is 10.4. The second-order valence-electron chi connectivity index (χ2n) is 13.9. The SMILES string of the molecule is c1ccc(-c2cc(-c3ccccc3)cc(-c3cc(-c4ccc(-c5ccccc5)c5cccnc45)nc(-c4ncc(-c5ccccc5)c5ccccc45)n3)c2)cc1. The van der Waals surface area contributed by atoms with Gasteiger partial charge < -0.3 is 0 Å². The molecule has 0 amide bonds. The second-order valence-corrected chi connectivity index (χ2v) is 13.9. The molecule has 0 bridgehead atoms. The number of hydrogen-bond donors (Lipinski definition) is 0. The van der Waals surface area contributed by atoms with E-state index in [0.717, 1.165) is 94.4 Å². The van der Waals surface area contributed by atoms with E-state index < -0.39 is 0 Å². The van der Waals surface area contributed by atoms with Crippen LogP contribution in [0.4, 0.5) is 0 Å². The van der Waals surface area contributed by atoms with Crippen LogP contribution < -0.4 is 0 Å². The Hall–Kier alpha value is -7.56. The third kappa shape index (κ3) is 6.19. The highest BCUT2D eigenvalue weighted by atomic mass is 14.9. The van der Waals surface area contributed by atoms with Gasteiger partial charge in [0.05, 0.1) is 16.9 Å². The van der Waals surface area contributed by atoms with Crippen molar-refractivity contribution in [1.29, 1.82) is 0 Å². The van der Waals surface area contributed by atoms with Gasteiger partial charge in [0, 0.05) is 39.9 Å². The van der Waals surface area contributed by atoms with Crippen LogP contribution in [0.3, 0.4) is 0 Å². The van der Waals surface area contributed by atoms with Crippen LogP contribution in [-0.4, -0.2) is 19.9 Å². The molecule has 56 heavy (non-hydrogen) atoms. The molecule has 3 aromatic heterocycles. The smallest absolute Gasteiger partial charge is 0.179 e. The van der Waals surface area contributed by atoms with Crippen molar-refractivity contribution >= 4 is 21.7 Å². The van der Waals surface area contributed by atoms with Gasteiger partial charge in [0.2, 0.25) is 0 Å². The molecule has 0 aliphatic heterocycles. The molecule has 262 valence electrons. The van der Waals surface area contributed by atoms with Crippen molar-refractivity contribution in [1.82, 2.24) is 19.9 Å². The van der Waals surface area contributed by atoms with E-state index >= 15 is 0 Å². The molecule has 0 atom stereocenters. The summed E-state index contributed by atoms with van der Waals surface area (Å²) in [6.45, 7) is 0. The molecule has 0 fully saturated rings. The highest BCUT2D eigenvalue weighted by Gasteiger charge is 2.19. The number of fused-ring (bicyclic) bond motifs is 2. The number of nitrogens with zero attached hydrogens (tertiary/aromatic N) is 4. The summed E-state index contributed by atoms with van der Waals surface area (Å²) in [6, 6.07) is 67.6. The third-order valence-electron chi connectivity index (χ3n) is 10.4. The topological polar surface area (TPSA) is 51.6 Å². The van der Waals surface area contributed by atoms with Crippen molar-refractivity contribution in [3.63, 3.8) is 0 Å². The predicted octanol–water partition coefficient (Wildman–Crippen LogP) is 13.2. The van der Waals surface area contributed by atoms with Gasteiger partial charge in [-0.3, -0.25) is 9.97 Å². The molecular formula is C52H34N4. The van der Waals surface area contributed by atoms with E-state index in [-0.39, 0.29) is 0 Å². The van der Waals surface area contributed by atoms with Gasteiger partial charge in [-0.1, -0.05) is 158 Å². The maximum Gasteiger partial charge on any atom is 0.179 e. The molecule has 0 saturated heterocycles. The van der Waals surface area contributed by atoms with Crippen molar-refractivity contribution in [2.24, 2.45) is 0 Å². The Balaban J connectivity index is 1.24. The van der Waals surface area contributed by atoms with E-state index in [0.29, 0.717) is 5.82 Å². The zero-order valence-electron chi connectivity index (χ0n) is 30.4. The Morgan fingerprint density at radius 1 is 0.304 bits per heavy atom. The van der Waals surface area contributed by atoms with E-state index in [4.69, 9.17) is 19.9 Å². The molecule has 3 heterocycles. The minimum absolute atomic E-state index is 0.552. The fraction of sp³-hybridized carbons (Fsp3) is 0. The van der Waals surface area contributed by atoms with Crippen molar-refractivity contribution in [2.45, 2.75) is 0 Å². The Morgan fingerprint density at radius 2 is 0.804 bits per heavy atom. The predicted molar refractivity (Wildman–Crippen MR) is 231 cm³/mol. The summed E-state index contributed by atoms with van der Waals surface area (Å²) in [7, 11) is 0. The van der Waals surface area contributed by atoms with Gasteiger partial charge in [0.1, 0.15) is 5.69 Å². The molecule has 0 N–H and O–H groups in total. The van der Waals surface area contributed by atoms with Gasteiger partial charge in [-0.15, -0.1) is 0 Å². The molecule has 7 aromatic carbocycles. The number of benzene rings is 7. The average Bonchev–Trinajstić information content (AvgIpc) is 3.29. The Labute approximate surface area is 325 Å². The lowest BCUT2D eigenvalue weighted by molar-refractivity contribution is 1.16. The van der Waals surface area contributed by atoms with Crippen LogP contribution >= 0.6 is 0 Å². The highest BCUT2D eigenvalue weighted by molar-refractivity contribution is 6.04. The fourth-order valence-corrected chi connectivity index (χ4v) is 7.68. The Morgan fingerprint density at radius 3 is 1.45 bits per heavy atom. The fourth-order valence-electron chi connectivity index (χ4n) is 7.68. The summed E-state index contributed by atoms with van der Waals surface area (Å²) in [5.74, 6) is 0.552. The quantitative estimate of drug-likeness (QED) is 0.165. The molecule has 0 unspecified atom stereocenters. The summed E-state index contributed by atoms with van der Waals surface area (Å²) < 4.78 is 0. The van der Waals surface area contributed by atoms with Crippen LogP contribution in [0, 0.1) is 0 Å². The number of aromatic nitrogens is 4. The first-order valence-electron chi connectivity index (χ1n) is 18.8. The number of rotatable bonds is 7. The van der Waals surface area contributed by atoms with Gasteiger partial charge in [0.15, 0.2) is 5.82 Å². The van der Waals surface area contributed by atoms with Crippen LogP contribution in [0.2, 0.25) is 0 Å². The average molecular weight is 715 g/mol. The van der Waals surface area contributed by atoms with Gasteiger partial charge in [-0.05, 0) is 80.7 Å². The van der Waals surface area contributed by atoms with E-state index in [1.165, 1.54) is 0 Å². The van der Waals surface area contributed by atoms with E-state index in [2.05, 4.69) is 176 Å². The minimum Gasteiger partial charge on any atom is -0.256 e. The molecule has 10 aromatic rings. The van der Waals surface area contributed by atoms with Crippen molar-refractivity contribution in [3.05, 3.63) is 207 Å². The zero-order valence-corrected chi connectivity index (χ0v) is 30.4.